The molecular weight excluding hydrogens is 420 g/mol. The van der Waals surface area contributed by atoms with Crippen LogP contribution in [0.2, 0.25) is 5.02 Å². The third kappa shape index (κ3) is 5.18. The van der Waals surface area contributed by atoms with Gasteiger partial charge in [0.15, 0.2) is 11.0 Å². The van der Waals surface area contributed by atoms with E-state index in [4.69, 9.17) is 16.3 Å². The third-order valence-electron chi connectivity index (χ3n) is 6.07. The summed E-state index contributed by atoms with van der Waals surface area (Å²) in [6, 6.07) is 8.00. The summed E-state index contributed by atoms with van der Waals surface area (Å²) in [4.78, 5) is 14.7. The van der Waals surface area contributed by atoms with Crippen molar-refractivity contribution in [2.24, 2.45) is 0 Å². The van der Waals surface area contributed by atoms with Gasteiger partial charge in [-0.15, -0.1) is 10.2 Å². The quantitative estimate of drug-likeness (QED) is 0.576. The lowest BCUT2D eigenvalue weighted by atomic mass is 9.94. The standard InChI is InChI=1S/C22H29ClN4O2S/c1-26(18-6-3-2-4-7-18)20(28)15-30-22-25-24-21(16-9-11-17(23)12-10-16)27(22)14-19-8-5-13-29-19/h9-12,18-19H,2-8,13-15H2,1H3/t19-/m1/s1. The number of hydrogen-bond donors (Lipinski definition) is 0. The molecule has 0 bridgehead atoms. The highest BCUT2D eigenvalue weighted by Gasteiger charge is 2.25. The molecule has 2 aliphatic rings. The smallest absolute Gasteiger partial charge is 0.233 e. The number of halogens is 1. The number of carbonyl (C=O) groups excluding carboxylic acids is 1. The first-order chi connectivity index (χ1) is 14.6. The van der Waals surface area contributed by atoms with Crippen LogP contribution in [0.15, 0.2) is 29.4 Å². The Morgan fingerprint density at radius 1 is 1.17 bits per heavy atom. The zero-order valence-corrected chi connectivity index (χ0v) is 19.0. The van der Waals surface area contributed by atoms with Crippen LogP contribution < -0.4 is 0 Å². The monoisotopic (exact) mass is 448 g/mol. The molecule has 1 aromatic heterocycles. The van der Waals surface area contributed by atoms with Gasteiger partial charge < -0.3 is 9.64 Å². The predicted octanol–water partition coefficient (Wildman–Crippen LogP) is 4.66. The Morgan fingerprint density at radius 2 is 1.93 bits per heavy atom. The van der Waals surface area contributed by atoms with E-state index in [0.29, 0.717) is 23.4 Å². The van der Waals surface area contributed by atoms with Crippen LogP contribution in [0.4, 0.5) is 0 Å². The van der Waals surface area contributed by atoms with Crippen LogP contribution in [0.1, 0.15) is 44.9 Å². The van der Waals surface area contributed by atoms with Crippen molar-refractivity contribution in [3.8, 4) is 11.4 Å². The minimum absolute atomic E-state index is 0.159. The minimum Gasteiger partial charge on any atom is -0.376 e. The van der Waals surface area contributed by atoms with Crippen molar-refractivity contribution in [3.63, 3.8) is 0 Å². The summed E-state index contributed by atoms with van der Waals surface area (Å²) in [7, 11) is 1.94. The predicted molar refractivity (Wildman–Crippen MR) is 120 cm³/mol. The molecule has 1 amide bonds. The number of hydrogen-bond acceptors (Lipinski definition) is 5. The Morgan fingerprint density at radius 3 is 2.63 bits per heavy atom. The van der Waals surface area contributed by atoms with E-state index in [2.05, 4.69) is 14.8 Å². The van der Waals surface area contributed by atoms with Gasteiger partial charge in [-0.3, -0.25) is 9.36 Å². The third-order valence-corrected chi connectivity index (χ3v) is 7.27. The summed E-state index contributed by atoms with van der Waals surface area (Å²) < 4.78 is 7.95. The van der Waals surface area contributed by atoms with E-state index < -0.39 is 0 Å². The number of rotatable bonds is 7. The molecule has 6 nitrogen and oxygen atoms in total. The number of nitrogens with zero attached hydrogens (tertiary/aromatic N) is 4. The Kier molecular flexibility index (Phi) is 7.33. The van der Waals surface area contributed by atoms with Crippen molar-refractivity contribution in [1.29, 1.82) is 0 Å². The van der Waals surface area contributed by atoms with Crippen LogP contribution in [0.3, 0.4) is 0 Å². The van der Waals surface area contributed by atoms with E-state index in [1.807, 2.05) is 36.2 Å². The number of benzene rings is 1. The van der Waals surface area contributed by atoms with Gasteiger partial charge in [0.05, 0.1) is 18.4 Å². The first kappa shape index (κ1) is 21.7. The second-order valence-electron chi connectivity index (χ2n) is 8.14. The maximum absolute atomic E-state index is 12.8. The zero-order chi connectivity index (χ0) is 20.9. The largest absolute Gasteiger partial charge is 0.376 e. The number of ether oxygens (including phenoxy) is 1. The van der Waals surface area contributed by atoms with Crippen LogP contribution in [0, 0.1) is 0 Å². The molecule has 1 saturated carbocycles. The average molecular weight is 449 g/mol. The van der Waals surface area contributed by atoms with Gasteiger partial charge in [0.25, 0.3) is 0 Å². The van der Waals surface area contributed by atoms with Gasteiger partial charge >= 0.3 is 0 Å². The molecule has 1 atom stereocenters. The van der Waals surface area contributed by atoms with Crippen LogP contribution in [-0.4, -0.2) is 57.1 Å². The van der Waals surface area contributed by atoms with Gasteiger partial charge in [-0.25, -0.2) is 0 Å². The molecule has 0 unspecified atom stereocenters. The summed E-state index contributed by atoms with van der Waals surface area (Å²) >= 11 is 7.52. The topological polar surface area (TPSA) is 60.2 Å². The molecule has 0 spiro atoms. The molecule has 1 aliphatic carbocycles. The van der Waals surface area contributed by atoms with E-state index in [9.17, 15) is 4.79 Å². The fraction of sp³-hybridized carbons (Fsp3) is 0.591. The molecule has 4 rings (SSSR count). The molecule has 0 radical (unpaired) electrons. The van der Waals surface area contributed by atoms with Crippen LogP contribution in [-0.2, 0) is 16.1 Å². The fourth-order valence-corrected chi connectivity index (χ4v) is 5.26. The van der Waals surface area contributed by atoms with Crippen LogP contribution in [0.5, 0.6) is 0 Å². The average Bonchev–Trinajstić information content (AvgIpc) is 3.43. The summed E-state index contributed by atoms with van der Waals surface area (Å²) in [5.74, 6) is 1.32. The van der Waals surface area contributed by atoms with Crippen molar-refractivity contribution in [1.82, 2.24) is 19.7 Å². The molecule has 8 heteroatoms. The molecular formula is C22H29ClN4O2S. The summed E-state index contributed by atoms with van der Waals surface area (Å²) in [5, 5.41) is 10.3. The lowest BCUT2D eigenvalue weighted by Gasteiger charge is -2.31. The van der Waals surface area contributed by atoms with E-state index >= 15 is 0 Å². The molecule has 2 heterocycles. The van der Waals surface area contributed by atoms with Crippen LogP contribution in [0.25, 0.3) is 11.4 Å². The molecule has 1 saturated heterocycles. The van der Waals surface area contributed by atoms with Gasteiger partial charge in [-0.2, -0.15) is 0 Å². The summed E-state index contributed by atoms with van der Waals surface area (Å²) in [6.45, 7) is 1.50. The van der Waals surface area contributed by atoms with E-state index in [1.54, 1.807) is 0 Å². The summed E-state index contributed by atoms with van der Waals surface area (Å²) in [6.07, 6.45) is 8.22. The molecule has 162 valence electrons. The van der Waals surface area contributed by atoms with Crippen molar-refractivity contribution >= 4 is 29.3 Å². The second-order valence-corrected chi connectivity index (χ2v) is 9.52. The minimum atomic E-state index is 0.159. The lowest BCUT2D eigenvalue weighted by molar-refractivity contribution is -0.129. The van der Waals surface area contributed by atoms with Crippen molar-refractivity contribution in [3.05, 3.63) is 29.3 Å². The lowest BCUT2D eigenvalue weighted by Crippen LogP contribution is -2.39. The SMILES string of the molecule is CN(C(=O)CSc1nnc(-c2ccc(Cl)cc2)n1C[C@H]1CCCO1)C1CCCCC1. The summed E-state index contributed by atoms with van der Waals surface area (Å²) in [5.41, 5.74) is 0.961. The number of carbonyl (C=O) groups is 1. The normalized spacial score (nSPS) is 19.9. The number of thioether (sulfide) groups is 1. The van der Waals surface area contributed by atoms with Gasteiger partial charge in [0.2, 0.25) is 5.91 Å². The Bertz CT molecular complexity index is 845. The van der Waals surface area contributed by atoms with Gasteiger partial charge in [-0.1, -0.05) is 42.6 Å². The Balaban J connectivity index is 1.48. The molecule has 1 aliphatic heterocycles. The van der Waals surface area contributed by atoms with Crippen molar-refractivity contribution in [2.45, 2.75) is 68.8 Å². The molecule has 2 fully saturated rings. The molecule has 0 N–H and O–H groups in total. The van der Waals surface area contributed by atoms with E-state index in [-0.39, 0.29) is 12.0 Å². The molecule has 30 heavy (non-hydrogen) atoms. The fourth-order valence-electron chi connectivity index (χ4n) is 4.26. The maximum atomic E-state index is 12.8. The highest BCUT2D eigenvalue weighted by atomic mass is 35.5. The van der Waals surface area contributed by atoms with E-state index in [1.165, 1.54) is 31.0 Å². The van der Waals surface area contributed by atoms with Gasteiger partial charge in [-0.05, 0) is 49.9 Å². The maximum Gasteiger partial charge on any atom is 0.233 e. The van der Waals surface area contributed by atoms with Crippen molar-refractivity contribution < 1.29 is 9.53 Å². The number of amides is 1. The first-order valence-corrected chi connectivity index (χ1v) is 12.2. The first-order valence-electron chi connectivity index (χ1n) is 10.8. The molecule has 1 aromatic carbocycles. The van der Waals surface area contributed by atoms with Gasteiger partial charge in [0, 0.05) is 30.3 Å². The molecule has 2 aromatic rings. The van der Waals surface area contributed by atoms with Crippen molar-refractivity contribution in [2.75, 3.05) is 19.4 Å². The van der Waals surface area contributed by atoms with Crippen LogP contribution >= 0.6 is 23.4 Å². The highest BCUT2D eigenvalue weighted by Crippen LogP contribution is 2.28. The Labute approximate surface area is 187 Å². The van der Waals surface area contributed by atoms with Gasteiger partial charge in [0.1, 0.15) is 0 Å². The van der Waals surface area contributed by atoms with E-state index in [0.717, 1.165) is 48.8 Å². The highest BCUT2D eigenvalue weighted by molar-refractivity contribution is 7.99. The second kappa shape index (κ2) is 10.2. The Hall–Kier alpha value is -1.57. The zero-order valence-electron chi connectivity index (χ0n) is 17.4. The number of aromatic nitrogens is 3.